The van der Waals surface area contributed by atoms with E-state index >= 15 is 0 Å². The van der Waals surface area contributed by atoms with E-state index in [0.717, 1.165) is 16.8 Å². The second-order valence-corrected chi connectivity index (χ2v) is 8.36. The molecule has 2 amide bonds. The van der Waals surface area contributed by atoms with Crippen molar-refractivity contribution in [3.05, 3.63) is 89.5 Å². The minimum Gasteiger partial charge on any atom is -0.493 e. The second-order valence-electron chi connectivity index (χ2n) is 8.36. The van der Waals surface area contributed by atoms with Gasteiger partial charge < -0.3 is 24.0 Å². The molecule has 0 radical (unpaired) electrons. The predicted octanol–water partition coefficient (Wildman–Crippen LogP) is 4.09. The maximum Gasteiger partial charge on any atom is 0.260 e. The summed E-state index contributed by atoms with van der Waals surface area (Å²) in [5.74, 6) is 0.542. The number of anilines is 1. The summed E-state index contributed by atoms with van der Waals surface area (Å²) in [7, 11) is 1.52. The number of hydrogen-bond acceptors (Lipinski definition) is 5. The molecule has 35 heavy (non-hydrogen) atoms. The molecule has 4 rings (SSSR count). The lowest BCUT2D eigenvalue weighted by Crippen LogP contribution is -2.43. The van der Waals surface area contributed by atoms with Crippen molar-refractivity contribution in [1.82, 2.24) is 4.90 Å². The van der Waals surface area contributed by atoms with Crippen LogP contribution in [0.2, 0.25) is 0 Å². The zero-order chi connectivity index (χ0) is 24.6. The largest absolute Gasteiger partial charge is 0.493 e. The molecule has 0 spiro atoms. The van der Waals surface area contributed by atoms with Crippen LogP contribution < -0.4 is 14.4 Å². The summed E-state index contributed by atoms with van der Waals surface area (Å²) < 4.78 is 16.5. The third-order valence-corrected chi connectivity index (χ3v) is 5.90. The average Bonchev–Trinajstić information content (AvgIpc) is 2.91. The lowest BCUT2D eigenvalue weighted by atomic mass is 10.1. The molecule has 1 heterocycles. The van der Waals surface area contributed by atoms with E-state index in [9.17, 15) is 9.59 Å². The van der Waals surface area contributed by atoms with Gasteiger partial charge in [-0.05, 0) is 42.8 Å². The van der Waals surface area contributed by atoms with E-state index in [0.29, 0.717) is 49.9 Å². The molecule has 1 fully saturated rings. The molecule has 0 saturated carbocycles. The van der Waals surface area contributed by atoms with Crippen LogP contribution in [0.1, 0.15) is 21.5 Å². The first-order valence-electron chi connectivity index (χ1n) is 11.6. The summed E-state index contributed by atoms with van der Waals surface area (Å²) >= 11 is 0. The smallest absolute Gasteiger partial charge is 0.260 e. The van der Waals surface area contributed by atoms with Crippen LogP contribution in [0.3, 0.4) is 0 Å². The van der Waals surface area contributed by atoms with E-state index in [-0.39, 0.29) is 18.4 Å². The number of ether oxygens (including phenoxy) is 3. The van der Waals surface area contributed by atoms with Gasteiger partial charge in [0.2, 0.25) is 0 Å². The fraction of sp³-hybridized carbons (Fsp3) is 0.286. The van der Waals surface area contributed by atoms with Crippen molar-refractivity contribution in [2.75, 3.05) is 44.9 Å². The van der Waals surface area contributed by atoms with Gasteiger partial charge >= 0.3 is 0 Å². The van der Waals surface area contributed by atoms with E-state index in [4.69, 9.17) is 14.2 Å². The van der Waals surface area contributed by atoms with E-state index in [1.807, 2.05) is 61.5 Å². The first-order valence-corrected chi connectivity index (χ1v) is 11.6. The van der Waals surface area contributed by atoms with Crippen LogP contribution in [0.4, 0.5) is 5.69 Å². The number of hydrogen-bond donors (Lipinski definition) is 0. The molecule has 7 nitrogen and oxygen atoms in total. The van der Waals surface area contributed by atoms with Crippen LogP contribution in [0, 0.1) is 6.92 Å². The minimum absolute atomic E-state index is 0.104. The number of carbonyl (C=O) groups is 2. The Morgan fingerprint density at radius 1 is 0.943 bits per heavy atom. The highest BCUT2D eigenvalue weighted by molar-refractivity contribution is 6.06. The van der Waals surface area contributed by atoms with Crippen molar-refractivity contribution in [2.45, 2.75) is 13.5 Å². The fourth-order valence-corrected chi connectivity index (χ4v) is 3.89. The summed E-state index contributed by atoms with van der Waals surface area (Å²) in [5.41, 5.74) is 3.41. The van der Waals surface area contributed by atoms with Gasteiger partial charge in [-0.2, -0.15) is 0 Å². The maximum absolute atomic E-state index is 13.6. The third kappa shape index (κ3) is 6.19. The van der Waals surface area contributed by atoms with Crippen molar-refractivity contribution in [2.24, 2.45) is 0 Å². The summed E-state index contributed by atoms with van der Waals surface area (Å²) in [5, 5.41) is 0. The number of methoxy groups -OCH3 is 1. The topological polar surface area (TPSA) is 68.3 Å². The highest BCUT2D eigenvalue weighted by atomic mass is 16.5. The number of morpholine rings is 1. The summed E-state index contributed by atoms with van der Waals surface area (Å²) in [6, 6.07) is 22.8. The number of carbonyl (C=O) groups excluding carboxylic acids is 2. The van der Waals surface area contributed by atoms with Crippen LogP contribution in [0.15, 0.2) is 72.8 Å². The molecule has 1 aliphatic rings. The molecular weight excluding hydrogens is 444 g/mol. The van der Waals surface area contributed by atoms with Gasteiger partial charge in [0.15, 0.2) is 18.1 Å². The molecule has 0 bridgehead atoms. The van der Waals surface area contributed by atoms with Crippen LogP contribution >= 0.6 is 0 Å². The van der Waals surface area contributed by atoms with Gasteiger partial charge in [-0.15, -0.1) is 0 Å². The van der Waals surface area contributed by atoms with Crippen molar-refractivity contribution in [3.8, 4) is 11.5 Å². The van der Waals surface area contributed by atoms with Crippen molar-refractivity contribution in [3.63, 3.8) is 0 Å². The van der Waals surface area contributed by atoms with Gasteiger partial charge in [0.25, 0.3) is 11.8 Å². The molecular formula is C28H30N2O5. The van der Waals surface area contributed by atoms with E-state index in [2.05, 4.69) is 0 Å². The molecule has 0 aliphatic carbocycles. The summed E-state index contributed by atoms with van der Waals surface area (Å²) in [4.78, 5) is 29.5. The number of nitrogens with zero attached hydrogens (tertiary/aromatic N) is 2. The van der Waals surface area contributed by atoms with Gasteiger partial charge in [-0.1, -0.05) is 48.0 Å². The molecule has 0 unspecified atom stereocenters. The Kier molecular flexibility index (Phi) is 8.00. The summed E-state index contributed by atoms with van der Waals surface area (Å²) in [6.07, 6.45) is 0. The SMILES string of the molecule is COc1cc(C(=O)N(Cc2ccccc2)c2ccc(C)cc2)ccc1OCC(=O)N1CCOCC1. The Morgan fingerprint density at radius 3 is 2.34 bits per heavy atom. The lowest BCUT2D eigenvalue weighted by Gasteiger charge is -2.27. The van der Waals surface area contributed by atoms with Crippen LogP contribution in [0.5, 0.6) is 11.5 Å². The first-order chi connectivity index (χ1) is 17.0. The van der Waals surface area contributed by atoms with Crippen LogP contribution in [-0.2, 0) is 16.1 Å². The van der Waals surface area contributed by atoms with E-state index in [1.165, 1.54) is 7.11 Å². The van der Waals surface area contributed by atoms with Crippen molar-refractivity contribution in [1.29, 1.82) is 0 Å². The second kappa shape index (κ2) is 11.5. The lowest BCUT2D eigenvalue weighted by molar-refractivity contribution is -0.137. The molecule has 0 aromatic heterocycles. The van der Waals surface area contributed by atoms with Gasteiger partial charge in [0.1, 0.15) is 0 Å². The average molecular weight is 475 g/mol. The Labute approximate surface area is 205 Å². The highest BCUT2D eigenvalue weighted by Gasteiger charge is 2.21. The summed E-state index contributed by atoms with van der Waals surface area (Å²) in [6.45, 7) is 4.52. The molecule has 1 saturated heterocycles. The molecule has 3 aromatic carbocycles. The Hall–Kier alpha value is -3.84. The van der Waals surface area contributed by atoms with E-state index in [1.54, 1.807) is 28.0 Å². The minimum atomic E-state index is -0.160. The first kappa shape index (κ1) is 24.3. The van der Waals surface area contributed by atoms with Crippen LogP contribution in [0.25, 0.3) is 0 Å². The number of rotatable bonds is 8. The predicted molar refractivity (Wildman–Crippen MR) is 134 cm³/mol. The monoisotopic (exact) mass is 474 g/mol. The molecule has 3 aromatic rings. The Bertz CT molecular complexity index is 1140. The normalized spacial score (nSPS) is 13.3. The molecule has 0 N–H and O–H groups in total. The standard InChI is InChI=1S/C28H30N2O5/c1-21-8-11-24(12-9-21)30(19-22-6-4-3-5-7-22)28(32)23-10-13-25(26(18-23)33-2)35-20-27(31)29-14-16-34-17-15-29/h3-13,18H,14-17,19-20H2,1-2H3. The number of benzene rings is 3. The van der Waals surface area contributed by atoms with Crippen LogP contribution in [-0.4, -0.2) is 56.7 Å². The zero-order valence-electron chi connectivity index (χ0n) is 20.1. The maximum atomic E-state index is 13.6. The van der Waals surface area contributed by atoms with Crippen molar-refractivity contribution >= 4 is 17.5 Å². The van der Waals surface area contributed by atoms with Gasteiger partial charge in [0.05, 0.1) is 26.9 Å². The molecule has 0 atom stereocenters. The quantitative estimate of drug-likeness (QED) is 0.492. The van der Waals surface area contributed by atoms with Gasteiger partial charge in [0, 0.05) is 24.3 Å². The zero-order valence-corrected chi connectivity index (χ0v) is 20.1. The number of amides is 2. The Balaban J connectivity index is 1.53. The fourth-order valence-electron chi connectivity index (χ4n) is 3.89. The van der Waals surface area contributed by atoms with E-state index < -0.39 is 0 Å². The highest BCUT2D eigenvalue weighted by Crippen LogP contribution is 2.30. The number of aryl methyl sites for hydroxylation is 1. The van der Waals surface area contributed by atoms with Gasteiger partial charge in [-0.25, -0.2) is 0 Å². The third-order valence-electron chi connectivity index (χ3n) is 5.90. The molecule has 182 valence electrons. The van der Waals surface area contributed by atoms with Gasteiger partial charge in [-0.3, -0.25) is 9.59 Å². The molecule has 7 heteroatoms. The Morgan fingerprint density at radius 2 is 1.66 bits per heavy atom. The molecule has 1 aliphatic heterocycles. The van der Waals surface area contributed by atoms with Crippen molar-refractivity contribution < 1.29 is 23.8 Å².